The molecular formula is C13H19NO4. The number of ether oxygens (including phenoxy) is 1. The molecule has 5 nitrogen and oxygen atoms in total. The van der Waals surface area contributed by atoms with Gasteiger partial charge in [0.25, 0.3) is 0 Å². The third kappa shape index (κ3) is 2.55. The molecule has 1 heterocycles. The lowest BCUT2D eigenvalue weighted by atomic mass is 9.84. The summed E-state index contributed by atoms with van der Waals surface area (Å²) in [6, 6.07) is 0. The Morgan fingerprint density at radius 3 is 2.17 bits per heavy atom. The number of esters is 1. The first-order valence-electron chi connectivity index (χ1n) is 5.83. The van der Waals surface area contributed by atoms with Gasteiger partial charge in [-0.2, -0.15) is 0 Å². The van der Waals surface area contributed by atoms with Crippen LogP contribution in [-0.2, 0) is 10.2 Å². The molecule has 0 unspecified atom stereocenters. The molecule has 1 rings (SSSR count). The maximum absolute atomic E-state index is 11.7. The fourth-order valence-electron chi connectivity index (χ4n) is 2.10. The molecule has 5 heteroatoms. The number of aromatic nitrogens is 1. The molecule has 0 aromatic carbocycles. The first kappa shape index (κ1) is 14.3. The van der Waals surface area contributed by atoms with Crippen molar-refractivity contribution in [2.24, 2.45) is 0 Å². The van der Waals surface area contributed by atoms with E-state index in [-0.39, 0.29) is 23.4 Å². The summed E-state index contributed by atoms with van der Waals surface area (Å²) < 4.78 is 4.91. The minimum absolute atomic E-state index is 0.0584. The molecule has 18 heavy (non-hydrogen) atoms. The maximum atomic E-state index is 11.7. The number of carbonyl (C=O) groups excluding carboxylic acids is 1. The Hall–Kier alpha value is -1.78. The van der Waals surface area contributed by atoms with Crippen LogP contribution >= 0.6 is 0 Å². The smallest absolute Gasteiger partial charge is 0.355 e. The second-order valence-corrected chi connectivity index (χ2v) is 5.15. The minimum Gasteiger partial charge on any atom is -0.477 e. The standard InChI is InChI=1S/C13H19NO4/c1-6-18-12(17)9-7(2)8(13(3,4)5)10(14-9)11(15)16/h14H,6H2,1-5H3,(H,15,16). The van der Waals surface area contributed by atoms with E-state index in [1.807, 2.05) is 20.8 Å². The molecule has 1 aromatic heterocycles. The van der Waals surface area contributed by atoms with Gasteiger partial charge in [-0.3, -0.25) is 0 Å². The van der Waals surface area contributed by atoms with Crippen LogP contribution < -0.4 is 0 Å². The SMILES string of the molecule is CCOC(=O)c1[nH]c(C(=O)O)c(C(C)(C)C)c1C. The molecule has 0 saturated heterocycles. The first-order chi connectivity index (χ1) is 8.20. The van der Waals surface area contributed by atoms with Crippen molar-refractivity contribution in [2.75, 3.05) is 6.61 Å². The quantitative estimate of drug-likeness (QED) is 0.811. The summed E-state index contributed by atoms with van der Waals surface area (Å²) in [4.78, 5) is 25.6. The Bertz CT molecular complexity index is 480. The van der Waals surface area contributed by atoms with Crippen LogP contribution in [-0.4, -0.2) is 28.6 Å². The number of aromatic amines is 1. The molecule has 0 fully saturated rings. The van der Waals surface area contributed by atoms with Gasteiger partial charge in [0.15, 0.2) is 0 Å². The predicted molar refractivity (Wildman–Crippen MR) is 67.1 cm³/mol. The highest BCUT2D eigenvalue weighted by atomic mass is 16.5. The number of aromatic carboxylic acids is 1. The Morgan fingerprint density at radius 2 is 1.83 bits per heavy atom. The van der Waals surface area contributed by atoms with Gasteiger partial charge in [-0.25, -0.2) is 9.59 Å². The van der Waals surface area contributed by atoms with Crippen LogP contribution in [0.15, 0.2) is 0 Å². The molecule has 1 aromatic rings. The second kappa shape index (κ2) is 4.84. The average molecular weight is 253 g/mol. The molecule has 0 spiro atoms. The van der Waals surface area contributed by atoms with Crippen LogP contribution in [0.1, 0.15) is 59.8 Å². The molecule has 0 bridgehead atoms. The molecular weight excluding hydrogens is 234 g/mol. The second-order valence-electron chi connectivity index (χ2n) is 5.15. The summed E-state index contributed by atoms with van der Waals surface area (Å²) in [5.41, 5.74) is 1.19. The van der Waals surface area contributed by atoms with Crippen LogP contribution in [0.3, 0.4) is 0 Å². The summed E-state index contributed by atoms with van der Waals surface area (Å²) in [5.74, 6) is -1.59. The summed E-state index contributed by atoms with van der Waals surface area (Å²) in [7, 11) is 0. The van der Waals surface area contributed by atoms with Crippen LogP contribution in [0.5, 0.6) is 0 Å². The van der Waals surface area contributed by atoms with Crippen molar-refractivity contribution in [2.45, 2.75) is 40.0 Å². The minimum atomic E-state index is -1.07. The van der Waals surface area contributed by atoms with Gasteiger partial charge in [0.1, 0.15) is 11.4 Å². The molecule has 0 saturated carbocycles. The van der Waals surface area contributed by atoms with Crippen molar-refractivity contribution < 1.29 is 19.4 Å². The van der Waals surface area contributed by atoms with E-state index in [1.165, 1.54) is 0 Å². The van der Waals surface area contributed by atoms with E-state index < -0.39 is 11.9 Å². The van der Waals surface area contributed by atoms with Gasteiger partial charge in [0.2, 0.25) is 0 Å². The molecule has 0 aliphatic heterocycles. The highest BCUT2D eigenvalue weighted by Gasteiger charge is 2.30. The van der Waals surface area contributed by atoms with Crippen molar-refractivity contribution in [1.82, 2.24) is 4.98 Å². The van der Waals surface area contributed by atoms with E-state index in [4.69, 9.17) is 4.74 Å². The van der Waals surface area contributed by atoms with E-state index in [1.54, 1.807) is 13.8 Å². The van der Waals surface area contributed by atoms with Gasteiger partial charge in [-0.15, -0.1) is 0 Å². The van der Waals surface area contributed by atoms with Crippen LogP contribution in [0.25, 0.3) is 0 Å². The fraction of sp³-hybridized carbons (Fsp3) is 0.538. The Morgan fingerprint density at radius 1 is 1.28 bits per heavy atom. The van der Waals surface area contributed by atoms with Crippen LogP contribution in [0, 0.1) is 6.92 Å². The average Bonchev–Trinajstić information content (AvgIpc) is 2.55. The lowest BCUT2D eigenvalue weighted by molar-refractivity contribution is 0.0519. The first-order valence-corrected chi connectivity index (χ1v) is 5.83. The lowest BCUT2D eigenvalue weighted by Gasteiger charge is -2.19. The number of hydrogen-bond acceptors (Lipinski definition) is 3. The maximum Gasteiger partial charge on any atom is 0.355 e. The Kier molecular flexibility index (Phi) is 3.84. The Balaban J connectivity index is 3.42. The fourth-order valence-corrected chi connectivity index (χ4v) is 2.10. The molecule has 0 amide bonds. The molecule has 0 aliphatic carbocycles. The molecule has 0 radical (unpaired) electrons. The lowest BCUT2D eigenvalue weighted by Crippen LogP contribution is -2.16. The van der Waals surface area contributed by atoms with Crippen molar-refractivity contribution in [3.63, 3.8) is 0 Å². The largest absolute Gasteiger partial charge is 0.477 e. The van der Waals surface area contributed by atoms with Gasteiger partial charge in [-0.05, 0) is 30.4 Å². The van der Waals surface area contributed by atoms with E-state index in [0.717, 1.165) is 0 Å². The number of carboxylic acid groups (broad SMARTS) is 1. The predicted octanol–water partition coefficient (Wildman–Crippen LogP) is 2.50. The monoisotopic (exact) mass is 253 g/mol. The Labute approximate surface area is 106 Å². The van der Waals surface area contributed by atoms with E-state index >= 15 is 0 Å². The third-order valence-electron chi connectivity index (χ3n) is 2.69. The normalized spacial score (nSPS) is 11.4. The zero-order chi connectivity index (χ0) is 14.1. The zero-order valence-electron chi connectivity index (χ0n) is 11.4. The molecule has 0 aliphatic rings. The van der Waals surface area contributed by atoms with Gasteiger partial charge in [0.05, 0.1) is 6.61 Å². The van der Waals surface area contributed by atoms with E-state index in [0.29, 0.717) is 11.1 Å². The number of hydrogen-bond donors (Lipinski definition) is 2. The highest BCUT2D eigenvalue weighted by molar-refractivity contribution is 5.95. The van der Waals surface area contributed by atoms with Crippen LogP contribution in [0.4, 0.5) is 0 Å². The van der Waals surface area contributed by atoms with Crippen molar-refractivity contribution in [3.05, 3.63) is 22.5 Å². The number of nitrogens with one attached hydrogen (secondary N) is 1. The van der Waals surface area contributed by atoms with E-state index in [9.17, 15) is 14.7 Å². The van der Waals surface area contributed by atoms with Gasteiger partial charge < -0.3 is 14.8 Å². The van der Waals surface area contributed by atoms with E-state index in [2.05, 4.69) is 4.98 Å². The summed E-state index contributed by atoms with van der Waals surface area (Å²) in [6.45, 7) is 9.42. The number of H-pyrrole nitrogens is 1. The summed E-state index contributed by atoms with van der Waals surface area (Å²) >= 11 is 0. The van der Waals surface area contributed by atoms with Gasteiger partial charge >= 0.3 is 11.9 Å². The third-order valence-corrected chi connectivity index (χ3v) is 2.69. The zero-order valence-corrected chi connectivity index (χ0v) is 11.4. The number of carbonyl (C=O) groups is 2. The molecule has 2 N–H and O–H groups in total. The molecule has 100 valence electrons. The van der Waals surface area contributed by atoms with Gasteiger partial charge in [-0.1, -0.05) is 20.8 Å². The van der Waals surface area contributed by atoms with Crippen molar-refractivity contribution in [3.8, 4) is 0 Å². The van der Waals surface area contributed by atoms with Crippen molar-refractivity contribution in [1.29, 1.82) is 0 Å². The highest BCUT2D eigenvalue weighted by Crippen LogP contribution is 2.31. The number of carboxylic acids is 1. The summed E-state index contributed by atoms with van der Waals surface area (Å²) in [5, 5.41) is 9.20. The topological polar surface area (TPSA) is 79.4 Å². The van der Waals surface area contributed by atoms with Crippen molar-refractivity contribution >= 4 is 11.9 Å². The number of rotatable bonds is 3. The van der Waals surface area contributed by atoms with Crippen LogP contribution in [0.2, 0.25) is 0 Å². The van der Waals surface area contributed by atoms with Gasteiger partial charge in [0, 0.05) is 0 Å². The summed E-state index contributed by atoms with van der Waals surface area (Å²) in [6.07, 6.45) is 0. The molecule has 0 atom stereocenters.